The molecule has 6 heteroatoms. The Morgan fingerprint density at radius 3 is 1.73 bits per heavy atom. The molecular weight excluding hydrogens is 749 g/mol. The Hall–Kier alpha value is -7.98. The summed E-state index contributed by atoms with van der Waals surface area (Å²) in [7, 11) is -3.20. The molecule has 12 rings (SSSR count). The van der Waals surface area contributed by atoms with Gasteiger partial charge in [-0.1, -0.05) is 121 Å². The van der Waals surface area contributed by atoms with Crippen molar-refractivity contribution in [1.82, 2.24) is 14.1 Å². The predicted octanol–water partition coefficient (Wildman–Crippen LogP) is 10.4. The van der Waals surface area contributed by atoms with Crippen LogP contribution < -0.4 is 20.9 Å². The van der Waals surface area contributed by atoms with E-state index < -0.39 is 8.07 Å². The van der Waals surface area contributed by atoms with Gasteiger partial charge in [-0.2, -0.15) is 5.26 Å². The fraction of sp³-hybridized carbons (Fsp3) is 0. The monoisotopic (exact) mass is 782 g/mol. The normalized spacial score (nSPS) is 12.8. The summed E-state index contributed by atoms with van der Waals surface area (Å²) in [5.41, 5.74) is 8.84. The quantitative estimate of drug-likeness (QED) is 0.125. The van der Waals surface area contributed by atoms with Gasteiger partial charge in [0.1, 0.15) is 11.2 Å². The van der Waals surface area contributed by atoms with Crippen molar-refractivity contribution in [3.8, 4) is 17.4 Å². The van der Waals surface area contributed by atoms with Crippen LogP contribution in [-0.4, -0.2) is 22.2 Å². The highest BCUT2D eigenvalue weighted by molar-refractivity contribution is 7.19. The van der Waals surface area contributed by atoms with Crippen LogP contribution >= 0.6 is 0 Å². The maximum Gasteiger partial charge on any atom is 0.201 e. The van der Waals surface area contributed by atoms with Crippen LogP contribution in [0.2, 0.25) is 0 Å². The Morgan fingerprint density at radius 1 is 0.433 bits per heavy atom. The Kier molecular flexibility index (Phi) is 7.55. The summed E-state index contributed by atoms with van der Waals surface area (Å²) >= 11 is 0. The third-order valence-electron chi connectivity index (χ3n) is 12.3. The first-order valence-electron chi connectivity index (χ1n) is 20.2. The molecule has 4 aromatic heterocycles. The lowest BCUT2D eigenvalue weighted by atomic mass is 10.1. The van der Waals surface area contributed by atoms with Crippen LogP contribution in [0.4, 0.5) is 0 Å². The fourth-order valence-corrected chi connectivity index (χ4v) is 14.4. The zero-order chi connectivity index (χ0) is 39.8. The molecule has 1 atom stereocenters. The van der Waals surface area contributed by atoms with Crippen LogP contribution in [0.3, 0.4) is 0 Å². The number of hydrogen-bond acceptors (Lipinski definition) is 3. The van der Waals surface area contributed by atoms with E-state index in [0.717, 1.165) is 65.9 Å². The second kappa shape index (κ2) is 13.3. The van der Waals surface area contributed by atoms with Crippen LogP contribution in [-0.2, 0) is 0 Å². The molecule has 0 bridgehead atoms. The largest absolute Gasteiger partial charge is 0.456 e. The number of para-hydroxylation sites is 4. The van der Waals surface area contributed by atoms with E-state index in [-0.39, 0.29) is 0 Å². The average Bonchev–Trinajstić information content (AvgIpc) is 3.98. The first kappa shape index (κ1) is 34.1. The molecule has 5 nitrogen and oxygen atoms in total. The summed E-state index contributed by atoms with van der Waals surface area (Å²) in [5, 5.41) is 22.2. The van der Waals surface area contributed by atoms with Crippen LogP contribution in [0.25, 0.3) is 76.9 Å². The molecule has 0 radical (unpaired) electrons. The summed E-state index contributed by atoms with van der Waals surface area (Å²) in [4.78, 5) is 5.19. The molecule has 0 aliphatic carbocycles. The fourth-order valence-electron chi connectivity index (χ4n) is 9.85. The maximum absolute atomic E-state index is 10.7. The van der Waals surface area contributed by atoms with Gasteiger partial charge in [-0.3, -0.25) is 4.98 Å². The third kappa shape index (κ3) is 4.87. The van der Waals surface area contributed by atoms with Crippen molar-refractivity contribution in [2.45, 2.75) is 0 Å². The molecule has 0 fully saturated rings. The molecule has 0 spiro atoms. The van der Waals surface area contributed by atoms with E-state index in [1.165, 1.54) is 31.9 Å². The van der Waals surface area contributed by atoms with E-state index in [1.54, 1.807) is 0 Å². The van der Waals surface area contributed by atoms with Gasteiger partial charge in [-0.05, 0) is 94.4 Å². The van der Waals surface area contributed by atoms with Gasteiger partial charge in [0, 0.05) is 55.2 Å². The highest BCUT2D eigenvalue weighted by Gasteiger charge is 2.43. The van der Waals surface area contributed by atoms with Crippen molar-refractivity contribution < 1.29 is 4.42 Å². The smallest absolute Gasteiger partial charge is 0.201 e. The lowest BCUT2D eigenvalue weighted by Gasteiger charge is -2.34. The molecule has 60 heavy (non-hydrogen) atoms. The van der Waals surface area contributed by atoms with Gasteiger partial charge in [0.15, 0.2) is 0 Å². The average molecular weight is 783 g/mol. The van der Waals surface area contributed by atoms with E-state index in [0.29, 0.717) is 5.56 Å². The summed E-state index contributed by atoms with van der Waals surface area (Å²) in [6.45, 7) is 0. The van der Waals surface area contributed by atoms with Gasteiger partial charge in [0.25, 0.3) is 0 Å². The minimum atomic E-state index is -3.20. The van der Waals surface area contributed by atoms with E-state index in [2.05, 4.69) is 191 Å². The van der Waals surface area contributed by atoms with Crippen LogP contribution in [0.15, 0.2) is 211 Å². The number of nitrogens with zero attached hydrogens (tertiary/aromatic N) is 4. The van der Waals surface area contributed by atoms with E-state index in [9.17, 15) is 5.26 Å². The molecule has 0 saturated heterocycles. The minimum absolute atomic E-state index is 0.605. The maximum atomic E-state index is 10.7. The van der Waals surface area contributed by atoms with E-state index in [4.69, 9.17) is 9.40 Å². The van der Waals surface area contributed by atoms with Gasteiger partial charge in [-0.15, -0.1) is 0 Å². The van der Waals surface area contributed by atoms with Gasteiger partial charge in [0.2, 0.25) is 8.07 Å². The number of hydrogen-bond donors (Lipinski definition) is 0. The topological polar surface area (TPSA) is 59.7 Å². The lowest BCUT2D eigenvalue weighted by Crippen LogP contribution is -2.75. The molecular formula is C54H34N4OSi. The van der Waals surface area contributed by atoms with Crippen molar-refractivity contribution in [1.29, 1.82) is 5.26 Å². The summed E-state index contributed by atoms with van der Waals surface area (Å²) in [5.74, 6) is 0. The molecule has 12 aromatic rings. The number of furan rings is 1. The van der Waals surface area contributed by atoms with Gasteiger partial charge in [0.05, 0.1) is 33.7 Å². The summed E-state index contributed by atoms with van der Waals surface area (Å²) < 4.78 is 11.0. The number of fused-ring (bicyclic) bond motifs is 10. The molecule has 0 saturated carbocycles. The molecule has 0 aliphatic heterocycles. The van der Waals surface area contributed by atoms with Crippen LogP contribution in [0, 0.1) is 11.3 Å². The molecule has 280 valence electrons. The van der Waals surface area contributed by atoms with Crippen molar-refractivity contribution >= 4 is 94.5 Å². The summed E-state index contributed by atoms with van der Waals surface area (Å²) in [6, 6.07) is 73.4. The van der Waals surface area contributed by atoms with Crippen molar-refractivity contribution in [2.75, 3.05) is 0 Å². The SMILES string of the molecule is N#Cc1cc(-n2c3ccccc3c3ccccc32)cc([Si](c2ccccc2)(c2ccc(-n3c4ccccc4c4c5c(ccc43)oc3ccccc35)cc2)c2ccccn2)c1. The highest BCUT2D eigenvalue weighted by atomic mass is 28.3. The lowest BCUT2D eigenvalue weighted by molar-refractivity contribution is 0.669. The molecule has 0 N–H and O–H groups in total. The van der Waals surface area contributed by atoms with Crippen LogP contribution in [0.1, 0.15) is 5.56 Å². The number of benzene rings is 8. The zero-order valence-corrected chi connectivity index (χ0v) is 33.3. The number of nitriles is 1. The van der Waals surface area contributed by atoms with Gasteiger partial charge >= 0.3 is 0 Å². The van der Waals surface area contributed by atoms with Crippen molar-refractivity contribution in [3.63, 3.8) is 0 Å². The van der Waals surface area contributed by atoms with E-state index >= 15 is 0 Å². The van der Waals surface area contributed by atoms with Gasteiger partial charge in [-0.25, -0.2) is 0 Å². The third-order valence-corrected chi connectivity index (χ3v) is 16.9. The Balaban J connectivity index is 1.13. The number of pyridine rings is 1. The van der Waals surface area contributed by atoms with Crippen LogP contribution in [0.5, 0.6) is 0 Å². The predicted molar refractivity (Wildman–Crippen MR) is 249 cm³/mol. The van der Waals surface area contributed by atoms with Crippen molar-refractivity contribution in [3.05, 3.63) is 212 Å². The Morgan fingerprint density at radius 2 is 1.03 bits per heavy atom. The first-order chi connectivity index (χ1) is 29.7. The molecule has 8 aromatic carbocycles. The van der Waals surface area contributed by atoms with Crippen molar-refractivity contribution in [2.24, 2.45) is 0 Å². The second-order valence-electron chi connectivity index (χ2n) is 15.4. The first-order valence-corrected chi connectivity index (χ1v) is 22.2. The Bertz CT molecular complexity index is 3580. The molecule has 0 amide bonds. The van der Waals surface area contributed by atoms with Gasteiger partial charge < -0.3 is 13.6 Å². The molecule has 4 heterocycles. The number of rotatable bonds is 6. The second-order valence-corrected chi connectivity index (χ2v) is 19.2. The molecule has 1 unspecified atom stereocenters. The molecule has 0 aliphatic rings. The Labute approximate surface area is 346 Å². The summed E-state index contributed by atoms with van der Waals surface area (Å²) in [6.07, 6.45) is 1.90. The number of aromatic nitrogens is 3. The highest BCUT2D eigenvalue weighted by Crippen LogP contribution is 2.41. The minimum Gasteiger partial charge on any atom is -0.456 e. The van der Waals surface area contributed by atoms with E-state index in [1.807, 2.05) is 30.5 Å². The zero-order valence-electron chi connectivity index (χ0n) is 32.3. The standard InChI is InChI=1S/C54H34N4OSi/c55-35-36-32-38(58-46-20-8-4-16-42(46)43-17-5-9-21-47(43)58)34-41(33-36)60(39-14-2-1-3-15-39,52-24-12-13-31-56-52)40-27-25-37(26-28-40)57-48-22-10-6-18-44(48)53-49(57)29-30-51-54(53)45-19-7-11-23-50(45)59-51/h1-34H.